The molecule has 2 aromatic rings. The van der Waals surface area contributed by atoms with Gasteiger partial charge in [0, 0.05) is 24.6 Å². The highest BCUT2D eigenvalue weighted by molar-refractivity contribution is 5.55. The number of hydrogen-bond acceptors (Lipinski definition) is 1. The second-order valence-corrected chi connectivity index (χ2v) is 3.21. The topological polar surface area (TPSA) is 26.9 Å². The van der Waals surface area contributed by atoms with Gasteiger partial charge in [0.25, 0.3) is 0 Å². The Balaban J connectivity index is 2.58. The molecule has 0 saturated carbocycles. The third-order valence-corrected chi connectivity index (χ3v) is 2.20. The molecule has 14 heavy (non-hydrogen) atoms. The molecule has 2 nitrogen and oxygen atoms in total. The average molecular weight is 185 g/mol. The summed E-state index contributed by atoms with van der Waals surface area (Å²) in [5.41, 5.74) is 2.36. The van der Waals surface area contributed by atoms with Crippen molar-refractivity contribution in [2.75, 3.05) is 0 Å². The van der Waals surface area contributed by atoms with Crippen LogP contribution in [-0.2, 0) is 0 Å². The zero-order valence-electron chi connectivity index (χ0n) is 7.97. The van der Waals surface area contributed by atoms with Crippen LogP contribution in [0.25, 0.3) is 11.3 Å². The normalized spacial score (nSPS) is 10.1. The molecule has 70 valence electrons. The number of hydrogen-bond donors (Lipinski definition) is 0. The molecular weight excluding hydrogens is 174 g/mol. The summed E-state index contributed by atoms with van der Waals surface area (Å²) in [5, 5.41) is 11.7. The van der Waals surface area contributed by atoms with Crippen LogP contribution in [-0.4, -0.2) is 0 Å². The molecule has 0 aliphatic heterocycles. The summed E-state index contributed by atoms with van der Waals surface area (Å²) in [6.07, 6.45) is 0. The van der Waals surface area contributed by atoms with Crippen molar-refractivity contribution in [3.63, 3.8) is 0 Å². The Morgan fingerprint density at radius 3 is 2.36 bits per heavy atom. The smallest absolute Gasteiger partial charge is 0.223 e. The maximum Gasteiger partial charge on any atom is 0.223 e. The third kappa shape index (κ3) is 1.46. The maximum atomic E-state index is 11.7. The molecule has 0 N–H and O–H groups in total. The summed E-state index contributed by atoms with van der Waals surface area (Å²) >= 11 is 0. The summed E-state index contributed by atoms with van der Waals surface area (Å²) in [6.45, 7) is 1.80. The molecule has 1 aromatic heterocycles. The molecule has 0 radical (unpaired) electrons. The fourth-order valence-corrected chi connectivity index (χ4v) is 1.43. The van der Waals surface area contributed by atoms with Crippen LogP contribution in [0.1, 0.15) is 5.69 Å². The van der Waals surface area contributed by atoms with Crippen LogP contribution < -0.4 is 4.73 Å². The molecule has 2 rings (SSSR count). The van der Waals surface area contributed by atoms with Crippen LogP contribution in [0.4, 0.5) is 0 Å². The highest BCUT2D eigenvalue weighted by atomic mass is 16.5. The Labute approximate surface area is 83.0 Å². The highest BCUT2D eigenvalue weighted by Gasteiger charge is 2.08. The standard InChI is InChI=1S/C12H11NO/c1-10-6-5-9-12(13(10)14)11-7-3-2-4-8-11/h2-9H,1H3. The Morgan fingerprint density at radius 1 is 0.929 bits per heavy atom. The first kappa shape index (κ1) is 8.75. The Kier molecular flexibility index (Phi) is 2.19. The highest BCUT2D eigenvalue weighted by Crippen LogP contribution is 2.14. The van der Waals surface area contributed by atoms with Gasteiger partial charge in [-0.3, -0.25) is 0 Å². The van der Waals surface area contributed by atoms with Gasteiger partial charge >= 0.3 is 0 Å². The van der Waals surface area contributed by atoms with E-state index < -0.39 is 0 Å². The van der Waals surface area contributed by atoms with Crippen molar-refractivity contribution in [1.82, 2.24) is 0 Å². The van der Waals surface area contributed by atoms with Crippen LogP contribution >= 0.6 is 0 Å². The number of nitrogens with zero attached hydrogens (tertiary/aromatic N) is 1. The molecule has 0 aliphatic rings. The summed E-state index contributed by atoms with van der Waals surface area (Å²) in [4.78, 5) is 0. The molecule has 1 aromatic carbocycles. The summed E-state index contributed by atoms with van der Waals surface area (Å²) in [6, 6.07) is 15.2. The summed E-state index contributed by atoms with van der Waals surface area (Å²) in [5.74, 6) is 0. The van der Waals surface area contributed by atoms with Crippen molar-refractivity contribution in [3.8, 4) is 11.3 Å². The quantitative estimate of drug-likeness (QED) is 0.494. The van der Waals surface area contributed by atoms with E-state index in [0.717, 1.165) is 10.3 Å². The summed E-state index contributed by atoms with van der Waals surface area (Å²) < 4.78 is 0.954. The Morgan fingerprint density at radius 2 is 1.64 bits per heavy atom. The first-order chi connectivity index (χ1) is 6.79. The lowest BCUT2D eigenvalue weighted by Gasteiger charge is -2.06. The molecule has 0 spiro atoms. The van der Waals surface area contributed by atoms with E-state index in [1.54, 1.807) is 13.0 Å². The van der Waals surface area contributed by atoms with Gasteiger partial charge < -0.3 is 5.21 Å². The second kappa shape index (κ2) is 3.50. The second-order valence-electron chi connectivity index (χ2n) is 3.21. The van der Waals surface area contributed by atoms with Gasteiger partial charge in [-0.2, -0.15) is 4.73 Å². The summed E-state index contributed by atoms with van der Waals surface area (Å²) in [7, 11) is 0. The third-order valence-electron chi connectivity index (χ3n) is 2.20. The predicted octanol–water partition coefficient (Wildman–Crippen LogP) is 2.30. The SMILES string of the molecule is Cc1cccc(-c2ccccc2)[n+]1[O-]. The van der Waals surface area contributed by atoms with Gasteiger partial charge in [0.2, 0.25) is 5.69 Å². The van der Waals surface area contributed by atoms with Crippen LogP contribution in [0.5, 0.6) is 0 Å². The molecule has 1 heterocycles. The molecule has 0 aliphatic carbocycles. The lowest BCUT2D eigenvalue weighted by molar-refractivity contribution is -0.600. The van der Waals surface area contributed by atoms with E-state index in [1.807, 2.05) is 42.5 Å². The van der Waals surface area contributed by atoms with E-state index in [0.29, 0.717) is 11.4 Å². The van der Waals surface area contributed by atoms with E-state index in [9.17, 15) is 5.21 Å². The Bertz CT molecular complexity index is 437. The minimum absolute atomic E-state index is 0.700. The zero-order valence-corrected chi connectivity index (χ0v) is 7.97. The van der Waals surface area contributed by atoms with E-state index in [1.165, 1.54) is 0 Å². The molecular formula is C12H11NO. The molecule has 0 atom stereocenters. The van der Waals surface area contributed by atoms with Crippen LogP contribution in [0.3, 0.4) is 0 Å². The van der Waals surface area contributed by atoms with Crippen LogP contribution in [0.2, 0.25) is 0 Å². The minimum Gasteiger partial charge on any atom is -0.618 e. The largest absolute Gasteiger partial charge is 0.618 e. The zero-order chi connectivity index (χ0) is 9.97. The molecule has 0 amide bonds. The average Bonchev–Trinajstić information content (AvgIpc) is 2.23. The molecule has 0 unspecified atom stereocenters. The van der Waals surface area contributed by atoms with Crippen molar-refractivity contribution in [3.05, 3.63) is 59.4 Å². The van der Waals surface area contributed by atoms with E-state index in [-0.39, 0.29) is 0 Å². The molecule has 0 bridgehead atoms. The number of pyridine rings is 1. The lowest BCUT2D eigenvalue weighted by Crippen LogP contribution is -2.32. The maximum absolute atomic E-state index is 11.7. The van der Waals surface area contributed by atoms with Gasteiger partial charge in [-0.15, -0.1) is 0 Å². The van der Waals surface area contributed by atoms with Gasteiger partial charge in [-0.25, -0.2) is 0 Å². The molecule has 2 heteroatoms. The van der Waals surface area contributed by atoms with Crippen molar-refractivity contribution < 1.29 is 4.73 Å². The number of benzene rings is 1. The van der Waals surface area contributed by atoms with Gasteiger partial charge in [0.15, 0.2) is 5.69 Å². The fourth-order valence-electron chi connectivity index (χ4n) is 1.43. The van der Waals surface area contributed by atoms with E-state index >= 15 is 0 Å². The lowest BCUT2D eigenvalue weighted by atomic mass is 10.1. The van der Waals surface area contributed by atoms with Gasteiger partial charge in [-0.05, 0) is 18.2 Å². The number of rotatable bonds is 1. The molecule has 0 saturated heterocycles. The van der Waals surface area contributed by atoms with Crippen molar-refractivity contribution in [2.24, 2.45) is 0 Å². The first-order valence-electron chi connectivity index (χ1n) is 4.53. The van der Waals surface area contributed by atoms with Crippen LogP contribution in [0, 0.1) is 12.1 Å². The van der Waals surface area contributed by atoms with Gasteiger partial charge in [0.1, 0.15) is 0 Å². The Hall–Kier alpha value is -1.83. The first-order valence-corrected chi connectivity index (χ1v) is 4.53. The van der Waals surface area contributed by atoms with Crippen molar-refractivity contribution in [2.45, 2.75) is 6.92 Å². The van der Waals surface area contributed by atoms with Gasteiger partial charge in [-0.1, -0.05) is 18.2 Å². The van der Waals surface area contributed by atoms with Crippen LogP contribution in [0.15, 0.2) is 48.5 Å². The molecule has 0 fully saturated rings. The number of aromatic nitrogens is 1. The minimum atomic E-state index is 0.700. The van der Waals surface area contributed by atoms with Crippen molar-refractivity contribution >= 4 is 0 Å². The van der Waals surface area contributed by atoms with Gasteiger partial charge in [0.05, 0.1) is 0 Å². The van der Waals surface area contributed by atoms with E-state index in [4.69, 9.17) is 0 Å². The predicted molar refractivity (Wildman–Crippen MR) is 55.6 cm³/mol. The number of aryl methyl sites for hydroxylation is 1. The fraction of sp³-hybridized carbons (Fsp3) is 0.0833. The van der Waals surface area contributed by atoms with Crippen molar-refractivity contribution in [1.29, 1.82) is 0 Å². The monoisotopic (exact) mass is 185 g/mol. The van der Waals surface area contributed by atoms with E-state index in [2.05, 4.69) is 0 Å².